The summed E-state index contributed by atoms with van der Waals surface area (Å²) in [6.07, 6.45) is -14.0. The highest BCUT2D eigenvalue weighted by Crippen LogP contribution is 2.60. The van der Waals surface area contributed by atoms with Gasteiger partial charge in [0.25, 0.3) is 6.02 Å². The van der Waals surface area contributed by atoms with Crippen LogP contribution in [-0.2, 0) is 4.74 Å². The number of ether oxygens (including phenoxy) is 1. The molecule has 0 fully saturated rings. The largest absolute Gasteiger partial charge is 0.461 e. The van der Waals surface area contributed by atoms with Crippen LogP contribution in [0.1, 0.15) is 0 Å². The summed E-state index contributed by atoms with van der Waals surface area (Å²) in [4.78, 5) is 1.59. The third-order valence-electron chi connectivity index (χ3n) is 2.52. The molecule has 1 rings (SSSR count). The molecule has 0 saturated carbocycles. The fraction of sp³-hybridized carbons (Fsp3) is 0.857. The van der Waals surface area contributed by atoms with Gasteiger partial charge in [0.05, 0.1) is 0 Å². The number of rotatable bonds is 2. The molecule has 2 atom stereocenters. The maximum Gasteiger partial charge on any atom is 0.461 e. The van der Waals surface area contributed by atoms with E-state index < -0.39 is 41.8 Å². The van der Waals surface area contributed by atoms with Crippen molar-refractivity contribution in [3.63, 3.8) is 0 Å². The minimum Gasteiger partial charge on any atom is -0.417 e. The molecule has 1 heterocycles. The maximum absolute atomic E-state index is 13.8. The fourth-order valence-corrected chi connectivity index (χ4v) is 1.40. The summed E-state index contributed by atoms with van der Waals surface area (Å²) in [5, 5.41) is 8.93. The van der Waals surface area contributed by atoms with Crippen LogP contribution in [0.4, 0.5) is 48.3 Å². The van der Waals surface area contributed by atoms with Gasteiger partial charge in [-0.2, -0.15) is 53.3 Å². The van der Waals surface area contributed by atoms with E-state index in [0.717, 1.165) is 0 Å². The van der Waals surface area contributed by atoms with Crippen molar-refractivity contribution in [2.24, 2.45) is 10.7 Å². The average Bonchev–Trinajstić information content (AvgIpc) is 2.48. The van der Waals surface area contributed by atoms with Crippen molar-refractivity contribution in [2.75, 3.05) is 0 Å². The van der Waals surface area contributed by atoms with Crippen LogP contribution in [0.25, 0.3) is 0 Å². The molecule has 0 aromatic carbocycles. The van der Waals surface area contributed by atoms with E-state index in [1.165, 1.54) is 0 Å². The van der Waals surface area contributed by atoms with Gasteiger partial charge in [-0.3, -0.25) is 0 Å². The highest BCUT2D eigenvalue weighted by Gasteiger charge is 2.92. The number of halogens is 11. The Morgan fingerprint density at radius 3 is 1.55 bits per heavy atom. The second-order valence-electron chi connectivity index (χ2n) is 3.96. The molecule has 3 N–H and O–H groups in total. The van der Waals surface area contributed by atoms with Gasteiger partial charge in [0.2, 0.25) is 0 Å². The lowest BCUT2D eigenvalue weighted by Gasteiger charge is -2.41. The summed E-state index contributed by atoms with van der Waals surface area (Å²) >= 11 is 0. The zero-order valence-corrected chi connectivity index (χ0v) is 9.54. The second-order valence-corrected chi connectivity index (χ2v) is 3.96. The van der Waals surface area contributed by atoms with E-state index in [0.29, 0.717) is 0 Å². The number of nitrogens with zero attached hydrogens (tertiary/aromatic N) is 1. The van der Waals surface area contributed by atoms with Crippen LogP contribution in [0.15, 0.2) is 4.99 Å². The molecular formula is C7H3F11N2O2. The van der Waals surface area contributed by atoms with E-state index in [4.69, 9.17) is 5.11 Å². The lowest BCUT2D eigenvalue weighted by Crippen LogP contribution is -2.73. The summed E-state index contributed by atoms with van der Waals surface area (Å²) in [6, 6.07) is -2.27. The Morgan fingerprint density at radius 2 is 1.23 bits per heavy atom. The third kappa shape index (κ3) is 1.97. The summed E-state index contributed by atoms with van der Waals surface area (Å²) in [5.41, 5.74) is -1.72. The average molecular weight is 356 g/mol. The van der Waals surface area contributed by atoms with Crippen molar-refractivity contribution >= 4 is 6.02 Å². The van der Waals surface area contributed by atoms with Crippen LogP contribution < -0.4 is 5.73 Å². The van der Waals surface area contributed by atoms with Crippen LogP contribution in [-0.4, -0.2) is 46.9 Å². The maximum atomic E-state index is 13.8. The minimum absolute atomic E-state index is 1.59. The van der Waals surface area contributed by atoms with Crippen molar-refractivity contribution in [1.82, 2.24) is 0 Å². The van der Waals surface area contributed by atoms with Crippen LogP contribution in [0.5, 0.6) is 0 Å². The van der Waals surface area contributed by atoms with Gasteiger partial charge in [0, 0.05) is 0 Å². The first-order valence-corrected chi connectivity index (χ1v) is 4.70. The molecule has 1 aliphatic rings. The fourth-order valence-electron chi connectivity index (χ4n) is 1.40. The SMILES string of the molecule is NC1=NC(O)(C(F)(F)C(F)(F)F)C(F)(C(F)(F)C(F)(F)F)O1. The number of aliphatic imine (C=N–C) groups is 1. The van der Waals surface area contributed by atoms with Crippen LogP contribution >= 0.6 is 0 Å². The predicted octanol–water partition coefficient (Wildman–Crippen LogP) is 2.08. The number of aliphatic hydroxyl groups is 1. The molecule has 130 valence electrons. The van der Waals surface area contributed by atoms with Crippen LogP contribution in [0.2, 0.25) is 0 Å². The normalized spacial score (nSPS) is 31.0. The Bertz CT molecular complexity index is 498. The van der Waals surface area contributed by atoms with Crippen molar-refractivity contribution < 1.29 is 58.1 Å². The quantitative estimate of drug-likeness (QED) is 0.745. The Balaban J connectivity index is 3.64. The van der Waals surface area contributed by atoms with Gasteiger partial charge >= 0.3 is 35.8 Å². The highest BCUT2D eigenvalue weighted by molar-refractivity contribution is 5.75. The summed E-state index contributed by atoms with van der Waals surface area (Å²) < 4.78 is 141. The Kier molecular flexibility index (Phi) is 3.58. The summed E-state index contributed by atoms with van der Waals surface area (Å²) in [6.45, 7) is 0. The van der Waals surface area contributed by atoms with Crippen molar-refractivity contribution in [2.45, 2.75) is 35.8 Å². The first-order valence-electron chi connectivity index (χ1n) is 4.70. The van der Waals surface area contributed by atoms with Gasteiger partial charge in [0.1, 0.15) is 0 Å². The lowest BCUT2D eigenvalue weighted by atomic mass is 9.91. The zero-order chi connectivity index (χ0) is 18.0. The minimum atomic E-state index is -7.02. The van der Waals surface area contributed by atoms with Gasteiger partial charge in [-0.1, -0.05) is 0 Å². The number of hydrogen-bond acceptors (Lipinski definition) is 4. The molecule has 0 bridgehead atoms. The molecule has 4 nitrogen and oxygen atoms in total. The summed E-state index contributed by atoms with van der Waals surface area (Å²) in [7, 11) is 0. The number of hydrogen-bond donors (Lipinski definition) is 2. The van der Waals surface area contributed by atoms with Crippen LogP contribution in [0.3, 0.4) is 0 Å². The molecule has 0 radical (unpaired) electrons. The van der Waals surface area contributed by atoms with E-state index in [1.54, 1.807) is 4.99 Å². The molecule has 0 saturated heterocycles. The molecule has 15 heteroatoms. The van der Waals surface area contributed by atoms with Crippen molar-refractivity contribution in [3.05, 3.63) is 0 Å². The third-order valence-corrected chi connectivity index (χ3v) is 2.52. The van der Waals surface area contributed by atoms with Gasteiger partial charge in [-0.05, 0) is 0 Å². The van der Waals surface area contributed by atoms with Gasteiger partial charge in [-0.15, -0.1) is 0 Å². The predicted molar refractivity (Wildman–Crippen MR) is 43.5 cm³/mol. The molecule has 0 spiro atoms. The van der Waals surface area contributed by atoms with Crippen molar-refractivity contribution in [3.8, 4) is 0 Å². The van der Waals surface area contributed by atoms with E-state index in [2.05, 4.69) is 10.5 Å². The van der Waals surface area contributed by atoms with Crippen LogP contribution in [0, 0.1) is 0 Å². The van der Waals surface area contributed by atoms with E-state index >= 15 is 0 Å². The first kappa shape index (κ1) is 18.5. The van der Waals surface area contributed by atoms with Gasteiger partial charge in [0.15, 0.2) is 0 Å². The molecular weight excluding hydrogens is 353 g/mol. The van der Waals surface area contributed by atoms with E-state index in [1.807, 2.05) is 0 Å². The van der Waals surface area contributed by atoms with E-state index in [9.17, 15) is 48.3 Å². The first-order chi connectivity index (χ1) is 9.35. The second kappa shape index (κ2) is 4.26. The summed E-state index contributed by atoms with van der Waals surface area (Å²) in [5.74, 6) is -20.3. The molecule has 0 amide bonds. The molecule has 22 heavy (non-hydrogen) atoms. The van der Waals surface area contributed by atoms with Gasteiger partial charge < -0.3 is 15.6 Å². The molecule has 0 aromatic rings. The Hall–Kier alpha value is -1.54. The van der Waals surface area contributed by atoms with Crippen molar-refractivity contribution in [1.29, 1.82) is 0 Å². The number of nitrogens with two attached hydrogens (primary N) is 1. The topological polar surface area (TPSA) is 67.8 Å². The standard InChI is InChI=1S/C7H3F11N2O2/c8-2(9,6(13,14)15)4(12)5(21,20-1(19)22-4)3(10,11)7(16,17)18/h21H,(H2,19,20). The molecule has 0 aromatic heterocycles. The molecule has 0 aliphatic carbocycles. The zero-order valence-electron chi connectivity index (χ0n) is 9.54. The van der Waals surface area contributed by atoms with E-state index in [-0.39, 0.29) is 0 Å². The highest BCUT2D eigenvalue weighted by atomic mass is 19.4. The number of amidine groups is 1. The number of alkyl halides is 11. The lowest BCUT2D eigenvalue weighted by molar-refractivity contribution is -0.442. The smallest absolute Gasteiger partial charge is 0.417 e. The van der Waals surface area contributed by atoms with Gasteiger partial charge in [-0.25, -0.2) is 0 Å². The Labute approximate surface area is 112 Å². The Morgan fingerprint density at radius 1 is 0.864 bits per heavy atom. The molecule has 1 aliphatic heterocycles. The monoisotopic (exact) mass is 356 g/mol. The molecule has 2 unspecified atom stereocenters.